The average Bonchev–Trinajstić information content (AvgIpc) is 3.10. The van der Waals surface area contributed by atoms with Crippen LogP contribution in [0.25, 0.3) is 11.4 Å². The molecular formula is C15H18N4O3. The number of benzene rings is 1. The van der Waals surface area contributed by atoms with Crippen LogP contribution in [-0.4, -0.2) is 35.3 Å². The van der Waals surface area contributed by atoms with E-state index < -0.39 is 6.04 Å². The van der Waals surface area contributed by atoms with Crippen molar-refractivity contribution in [1.82, 2.24) is 10.1 Å². The highest BCUT2D eigenvalue weighted by Gasteiger charge is 2.26. The number of hydrogen-bond donors (Lipinski definition) is 2. The minimum atomic E-state index is -0.513. The number of ether oxygens (including phenoxy) is 1. The molecule has 1 fully saturated rings. The topological polar surface area (TPSA) is 103 Å². The minimum Gasteiger partial charge on any atom is -0.381 e. The SMILES string of the molecule is N[C@H](C(=O)Nc1ccc(-c2ncon2)cc1)C1CCOCC1. The molecule has 1 aromatic carbocycles. The van der Waals surface area contributed by atoms with Gasteiger partial charge < -0.3 is 20.3 Å². The van der Waals surface area contributed by atoms with E-state index in [-0.39, 0.29) is 11.8 Å². The number of carbonyl (C=O) groups is 1. The van der Waals surface area contributed by atoms with E-state index in [1.807, 2.05) is 12.1 Å². The van der Waals surface area contributed by atoms with Gasteiger partial charge in [0.2, 0.25) is 18.1 Å². The zero-order valence-electron chi connectivity index (χ0n) is 12.1. The second kappa shape index (κ2) is 6.67. The number of carbonyl (C=O) groups excluding carboxylic acids is 1. The van der Waals surface area contributed by atoms with E-state index >= 15 is 0 Å². The van der Waals surface area contributed by atoms with Crippen molar-refractivity contribution in [2.45, 2.75) is 18.9 Å². The van der Waals surface area contributed by atoms with Crippen molar-refractivity contribution in [2.75, 3.05) is 18.5 Å². The van der Waals surface area contributed by atoms with Gasteiger partial charge in [-0.1, -0.05) is 5.16 Å². The Labute approximate surface area is 127 Å². The maximum atomic E-state index is 12.2. The molecule has 116 valence electrons. The quantitative estimate of drug-likeness (QED) is 0.885. The number of aromatic nitrogens is 2. The van der Waals surface area contributed by atoms with Gasteiger partial charge in [-0.25, -0.2) is 0 Å². The van der Waals surface area contributed by atoms with Crippen LogP contribution in [0.5, 0.6) is 0 Å². The summed E-state index contributed by atoms with van der Waals surface area (Å²) in [6.07, 6.45) is 2.93. The average molecular weight is 302 g/mol. The molecule has 0 aliphatic carbocycles. The highest BCUT2D eigenvalue weighted by atomic mass is 16.5. The van der Waals surface area contributed by atoms with Crippen molar-refractivity contribution in [3.05, 3.63) is 30.7 Å². The van der Waals surface area contributed by atoms with Crippen molar-refractivity contribution in [1.29, 1.82) is 0 Å². The molecule has 1 amide bonds. The monoisotopic (exact) mass is 302 g/mol. The molecular weight excluding hydrogens is 284 g/mol. The molecule has 3 N–H and O–H groups in total. The Morgan fingerprint density at radius 2 is 2.00 bits per heavy atom. The van der Waals surface area contributed by atoms with Gasteiger partial charge in [0.25, 0.3) is 0 Å². The molecule has 7 nitrogen and oxygen atoms in total. The fourth-order valence-electron chi connectivity index (χ4n) is 2.52. The van der Waals surface area contributed by atoms with Crippen LogP contribution in [0.2, 0.25) is 0 Å². The van der Waals surface area contributed by atoms with Crippen molar-refractivity contribution in [3.8, 4) is 11.4 Å². The zero-order valence-corrected chi connectivity index (χ0v) is 12.1. The first kappa shape index (κ1) is 14.7. The molecule has 22 heavy (non-hydrogen) atoms. The van der Waals surface area contributed by atoms with E-state index in [1.165, 1.54) is 6.39 Å². The summed E-state index contributed by atoms with van der Waals surface area (Å²) in [7, 11) is 0. The number of nitrogens with two attached hydrogens (primary N) is 1. The van der Waals surface area contributed by atoms with Gasteiger partial charge >= 0.3 is 0 Å². The fourth-order valence-corrected chi connectivity index (χ4v) is 2.52. The Morgan fingerprint density at radius 1 is 1.27 bits per heavy atom. The number of rotatable bonds is 4. The highest BCUT2D eigenvalue weighted by molar-refractivity contribution is 5.95. The fraction of sp³-hybridized carbons (Fsp3) is 0.400. The van der Waals surface area contributed by atoms with Crippen molar-refractivity contribution in [3.63, 3.8) is 0 Å². The largest absolute Gasteiger partial charge is 0.381 e. The lowest BCUT2D eigenvalue weighted by molar-refractivity contribution is -0.119. The molecule has 3 rings (SSSR count). The molecule has 0 radical (unpaired) electrons. The van der Waals surface area contributed by atoms with Crippen LogP contribution >= 0.6 is 0 Å². The molecule has 1 saturated heterocycles. The highest BCUT2D eigenvalue weighted by Crippen LogP contribution is 2.20. The van der Waals surface area contributed by atoms with E-state index in [4.69, 9.17) is 15.0 Å². The number of nitrogens with one attached hydrogen (secondary N) is 1. The molecule has 0 unspecified atom stereocenters. The van der Waals surface area contributed by atoms with Gasteiger partial charge in [0.15, 0.2) is 0 Å². The molecule has 2 heterocycles. The number of nitrogens with zero attached hydrogens (tertiary/aromatic N) is 2. The summed E-state index contributed by atoms with van der Waals surface area (Å²) in [4.78, 5) is 16.2. The first-order valence-corrected chi connectivity index (χ1v) is 7.25. The zero-order chi connectivity index (χ0) is 15.4. The molecule has 2 aromatic rings. The van der Waals surface area contributed by atoms with Gasteiger partial charge in [0, 0.05) is 24.5 Å². The summed E-state index contributed by atoms with van der Waals surface area (Å²) in [5, 5.41) is 6.60. The van der Waals surface area contributed by atoms with E-state index in [1.54, 1.807) is 12.1 Å². The third kappa shape index (κ3) is 3.32. The summed E-state index contributed by atoms with van der Waals surface area (Å²) in [6, 6.07) is 6.71. The van der Waals surface area contributed by atoms with Gasteiger partial charge in [0.05, 0.1) is 6.04 Å². The predicted molar refractivity (Wildman–Crippen MR) is 79.9 cm³/mol. The Balaban J connectivity index is 1.61. The predicted octanol–water partition coefficient (Wildman–Crippen LogP) is 1.43. The number of anilines is 1. The van der Waals surface area contributed by atoms with Crippen LogP contribution < -0.4 is 11.1 Å². The third-order valence-corrected chi connectivity index (χ3v) is 3.85. The van der Waals surface area contributed by atoms with Crippen LogP contribution in [0.4, 0.5) is 5.69 Å². The summed E-state index contributed by atoms with van der Waals surface area (Å²) in [5.74, 6) is 0.517. The van der Waals surface area contributed by atoms with Gasteiger partial charge in [0.1, 0.15) is 0 Å². The van der Waals surface area contributed by atoms with Crippen LogP contribution in [0.15, 0.2) is 35.2 Å². The minimum absolute atomic E-state index is 0.167. The molecule has 7 heteroatoms. The van der Waals surface area contributed by atoms with Crippen LogP contribution in [0, 0.1) is 5.92 Å². The first-order chi connectivity index (χ1) is 10.7. The maximum Gasteiger partial charge on any atom is 0.241 e. The van der Waals surface area contributed by atoms with Crippen LogP contribution in [0.3, 0.4) is 0 Å². The third-order valence-electron chi connectivity index (χ3n) is 3.85. The summed E-state index contributed by atoms with van der Waals surface area (Å²) < 4.78 is 9.99. The van der Waals surface area contributed by atoms with Gasteiger partial charge in [-0.3, -0.25) is 4.79 Å². The molecule has 1 aliphatic rings. The maximum absolute atomic E-state index is 12.2. The number of hydrogen-bond acceptors (Lipinski definition) is 6. The summed E-state index contributed by atoms with van der Waals surface area (Å²) in [5.41, 5.74) is 7.56. The van der Waals surface area contributed by atoms with Crippen LogP contribution in [-0.2, 0) is 9.53 Å². The van der Waals surface area contributed by atoms with E-state index in [0.717, 1.165) is 18.4 Å². The lowest BCUT2D eigenvalue weighted by atomic mass is 9.92. The Hall–Kier alpha value is -2.25. The second-order valence-corrected chi connectivity index (χ2v) is 5.30. The van der Waals surface area contributed by atoms with E-state index in [9.17, 15) is 4.79 Å². The standard InChI is InChI=1S/C15H18N4O3/c16-13(10-5-7-21-8-6-10)15(20)18-12-3-1-11(2-4-12)14-17-9-22-19-14/h1-4,9-10,13H,5-8,16H2,(H,18,20)/t13-/m0/s1. The normalized spacial score (nSPS) is 17.1. The smallest absolute Gasteiger partial charge is 0.241 e. The van der Waals surface area contributed by atoms with Gasteiger partial charge in [-0.2, -0.15) is 4.98 Å². The van der Waals surface area contributed by atoms with E-state index in [2.05, 4.69) is 15.5 Å². The van der Waals surface area contributed by atoms with Crippen molar-refractivity contribution >= 4 is 11.6 Å². The molecule has 1 aromatic heterocycles. The lowest BCUT2D eigenvalue weighted by Gasteiger charge is -2.26. The lowest BCUT2D eigenvalue weighted by Crippen LogP contribution is -2.43. The Morgan fingerprint density at radius 3 is 2.64 bits per heavy atom. The molecule has 0 saturated carbocycles. The Kier molecular flexibility index (Phi) is 4.45. The van der Waals surface area contributed by atoms with Gasteiger partial charge in [-0.05, 0) is 43.0 Å². The molecule has 0 spiro atoms. The van der Waals surface area contributed by atoms with Gasteiger partial charge in [-0.15, -0.1) is 0 Å². The molecule has 1 atom stereocenters. The van der Waals surface area contributed by atoms with E-state index in [0.29, 0.717) is 24.7 Å². The first-order valence-electron chi connectivity index (χ1n) is 7.25. The molecule has 0 bridgehead atoms. The second-order valence-electron chi connectivity index (χ2n) is 5.30. The number of amides is 1. The van der Waals surface area contributed by atoms with Crippen molar-refractivity contribution in [2.24, 2.45) is 11.7 Å². The van der Waals surface area contributed by atoms with Crippen LogP contribution in [0.1, 0.15) is 12.8 Å². The Bertz CT molecular complexity index is 606. The summed E-state index contributed by atoms with van der Waals surface area (Å²) >= 11 is 0. The van der Waals surface area contributed by atoms with Crippen molar-refractivity contribution < 1.29 is 14.1 Å². The molecule has 1 aliphatic heterocycles. The summed E-state index contributed by atoms with van der Waals surface area (Å²) in [6.45, 7) is 1.34.